The van der Waals surface area contributed by atoms with E-state index in [4.69, 9.17) is 5.73 Å². The van der Waals surface area contributed by atoms with Gasteiger partial charge in [0.1, 0.15) is 0 Å². The van der Waals surface area contributed by atoms with E-state index in [2.05, 4.69) is 10.4 Å². The lowest BCUT2D eigenvalue weighted by atomic mass is 10.1. The fourth-order valence-electron chi connectivity index (χ4n) is 1.96. The van der Waals surface area contributed by atoms with E-state index in [1.165, 1.54) is 0 Å². The highest BCUT2D eigenvalue weighted by Crippen LogP contribution is 2.15. The summed E-state index contributed by atoms with van der Waals surface area (Å²) >= 11 is 0. The van der Waals surface area contributed by atoms with Gasteiger partial charge in [0, 0.05) is 18.4 Å². The monoisotopic (exact) mass is 258 g/mol. The van der Waals surface area contributed by atoms with Crippen molar-refractivity contribution in [2.75, 3.05) is 12.3 Å². The van der Waals surface area contributed by atoms with Crippen molar-refractivity contribution in [3.63, 3.8) is 0 Å². The van der Waals surface area contributed by atoms with Gasteiger partial charge in [0.2, 0.25) is 0 Å². The number of carbonyl (C=O) groups is 1. The number of nitrogens with zero attached hydrogens (tertiary/aromatic N) is 2. The van der Waals surface area contributed by atoms with Crippen molar-refractivity contribution >= 4 is 11.6 Å². The summed E-state index contributed by atoms with van der Waals surface area (Å²) in [4.78, 5) is 12.1. The van der Waals surface area contributed by atoms with Crippen LogP contribution in [0.1, 0.15) is 21.5 Å². The molecule has 5 nitrogen and oxygen atoms in total. The first-order chi connectivity index (χ1) is 9.08. The van der Waals surface area contributed by atoms with Crippen molar-refractivity contribution in [2.24, 2.45) is 0 Å². The van der Waals surface area contributed by atoms with Gasteiger partial charge in [-0.05, 0) is 31.0 Å². The van der Waals surface area contributed by atoms with E-state index in [9.17, 15) is 4.79 Å². The average molecular weight is 258 g/mol. The molecule has 100 valence electrons. The van der Waals surface area contributed by atoms with E-state index < -0.39 is 0 Å². The quantitative estimate of drug-likeness (QED) is 0.816. The Morgan fingerprint density at radius 1 is 1.42 bits per heavy atom. The summed E-state index contributed by atoms with van der Waals surface area (Å²) in [5, 5.41) is 7.02. The van der Waals surface area contributed by atoms with Crippen molar-refractivity contribution in [1.82, 2.24) is 15.1 Å². The third kappa shape index (κ3) is 3.13. The molecule has 2 aromatic rings. The van der Waals surface area contributed by atoms with Gasteiger partial charge in [0.05, 0.1) is 18.3 Å². The first-order valence-corrected chi connectivity index (χ1v) is 6.20. The van der Waals surface area contributed by atoms with Crippen molar-refractivity contribution in [2.45, 2.75) is 20.4 Å². The maximum absolute atomic E-state index is 12.1. The number of rotatable bonds is 4. The SMILES string of the molecule is Cc1cnn(CCNC(=O)c2c(C)cccc2N)c1. The van der Waals surface area contributed by atoms with E-state index in [0.717, 1.165) is 11.1 Å². The molecule has 0 saturated carbocycles. The summed E-state index contributed by atoms with van der Waals surface area (Å²) < 4.78 is 1.80. The van der Waals surface area contributed by atoms with Gasteiger partial charge < -0.3 is 11.1 Å². The summed E-state index contributed by atoms with van der Waals surface area (Å²) in [6.45, 7) is 5.03. The maximum Gasteiger partial charge on any atom is 0.253 e. The summed E-state index contributed by atoms with van der Waals surface area (Å²) in [6.07, 6.45) is 3.73. The van der Waals surface area contributed by atoms with E-state index in [1.54, 1.807) is 16.9 Å². The summed E-state index contributed by atoms with van der Waals surface area (Å²) in [5.74, 6) is -0.139. The molecule has 0 saturated heterocycles. The van der Waals surface area contributed by atoms with E-state index in [1.807, 2.05) is 32.2 Å². The predicted molar refractivity (Wildman–Crippen MR) is 74.9 cm³/mol. The van der Waals surface area contributed by atoms with E-state index in [0.29, 0.717) is 24.3 Å². The molecule has 0 bridgehead atoms. The molecule has 3 N–H and O–H groups in total. The molecule has 1 heterocycles. The molecule has 1 aromatic carbocycles. The Bertz CT molecular complexity index is 569. The highest BCUT2D eigenvalue weighted by atomic mass is 16.1. The van der Waals surface area contributed by atoms with Crippen LogP contribution in [0.5, 0.6) is 0 Å². The molecule has 0 unspecified atom stereocenters. The largest absolute Gasteiger partial charge is 0.398 e. The van der Waals surface area contributed by atoms with Crippen LogP contribution in [0.15, 0.2) is 30.6 Å². The van der Waals surface area contributed by atoms with Gasteiger partial charge in [-0.15, -0.1) is 0 Å². The number of nitrogens with two attached hydrogens (primary N) is 1. The van der Waals surface area contributed by atoms with Gasteiger partial charge in [0.25, 0.3) is 5.91 Å². The Labute approximate surface area is 112 Å². The maximum atomic E-state index is 12.1. The molecule has 1 amide bonds. The van der Waals surface area contributed by atoms with Gasteiger partial charge in [-0.25, -0.2) is 0 Å². The highest BCUT2D eigenvalue weighted by Gasteiger charge is 2.11. The van der Waals surface area contributed by atoms with Gasteiger partial charge >= 0.3 is 0 Å². The standard InChI is InChI=1S/C14H18N4O/c1-10-8-17-18(9-10)7-6-16-14(19)13-11(2)4-3-5-12(13)15/h3-5,8-9H,6-7,15H2,1-2H3,(H,16,19). The molecule has 0 aliphatic carbocycles. The second-order valence-electron chi connectivity index (χ2n) is 4.58. The van der Waals surface area contributed by atoms with Crippen LogP contribution >= 0.6 is 0 Å². The molecular formula is C14H18N4O. The number of aryl methyl sites for hydroxylation is 2. The first-order valence-electron chi connectivity index (χ1n) is 6.20. The van der Waals surface area contributed by atoms with Crippen LogP contribution in [0.4, 0.5) is 5.69 Å². The zero-order valence-corrected chi connectivity index (χ0v) is 11.2. The third-order valence-corrected chi connectivity index (χ3v) is 2.92. The summed E-state index contributed by atoms with van der Waals surface area (Å²) in [7, 11) is 0. The number of nitrogen functional groups attached to an aromatic ring is 1. The smallest absolute Gasteiger partial charge is 0.253 e. The number of nitrogens with one attached hydrogen (secondary N) is 1. The molecule has 0 spiro atoms. The predicted octanol–water partition coefficient (Wildman–Crippen LogP) is 1.51. The van der Waals surface area contributed by atoms with Gasteiger partial charge in [0.15, 0.2) is 0 Å². The average Bonchev–Trinajstić information content (AvgIpc) is 2.75. The topological polar surface area (TPSA) is 72.9 Å². The minimum Gasteiger partial charge on any atom is -0.398 e. The second-order valence-corrected chi connectivity index (χ2v) is 4.58. The van der Waals surface area contributed by atoms with Gasteiger partial charge in [-0.2, -0.15) is 5.10 Å². The summed E-state index contributed by atoms with van der Waals surface area (Å²) in [6, 6.07) is 5.45. The number of anilines is 1. The van der Waals surface area contributed by atoms with E-state index in [-0.39, 0.29) is 5.91 Å². The van der Waals surface area contributed by atoms with Crippen LogP contribution < -0.4 is 11.1 Å². The normalized spacial score (nSPS) is 10.4. The lowest BCUT2D eigenvalue weighted by Gasteiger charge is -2.10. The minimum absolute atomic E-state index is 0.139. The Morgan fingerprint density at radius 3 is 2.84 bits per heavy atom. The molecular weight excluding hydrogens is 240 g/mol. The number of carbonyl (C=O) groups excluding carboxylic acids is 1. The Balaban J connectivity index is 1.94. The van der Waals surface area contributed by atoms with Crippen molar-refractivity contribution in [1.29, 1.82) is 0 Å². The zero-order valence-electron chi connectivity index (χ0n) is 11.2. The molecule has 0 fully saturated rings. The Morgan fingerprint density at radius 2 is 2.21 bits per heavy atom. The van der Waals surface area contributed by atoms with Crippen molar-refractivity contribution in [3.05, 3.63) is 47.3 Å². The molecule has 1 aromatic heterocycles. The fraction of sp³-hybridized carbons (Fsp3) is 0.286. The van der Waals surface area contributed by atoms with Crippen LogP contribution in [0.3, 0.4) is 0 Å². The lowest BCUT2D eigenvalue weighted by Crippen LogP contribution is -2.28. The first kappa shape index (κ1) is 13.1. The molecule has 0 aliphatic heterocycles. The van der Waals surface area contributed by atoms with Gasteiger partial charge in [-0.3, -0.25) is 9.48 Å². The second kappa shape index (κ2) is 5.56. The van der Waals surface area contributed by atoms with Crippen molar-refractivity contribution in [3.8, 4) is 0 Å². The number of hydrogen-bond acceptors (Lipinski definition) is 3. The molecule has 0 radical (unpaired) electrons. The minimum atomic E-state index is -0.139. The Kier molecular flexibility index (Phi) is 3.85. The van der Waals surface area contributed by atoms with Crippen molar-refractivity contribution < 1.29 is 4.79 Å². The van der Waals surface area contributed by atoms with Crippen LogP contribution in [-0.2, 0) is 6.54 Å². The van der Waals surface area contributed by atoms with E-state index >= 15 is 0 Å². The third-order valence-electron chi connectivity index (χ3n) is 2.92. The number of amides is 1. The molecule has 0 atom stereocenters. The lowest BCUT2D eigenvalue weighted by molar-refractivity contribution is 0.0952. The highest BCUT2D eigenvalue weighted by molar-refractivity contribution is 6.00. The van der Waals surface area contributed by atoms with Crippen LogP contribution in [0.25, 0.3) is 0 Å². The Hall–Kier alpha value is -2.30. The fourth-order valence-corrected chi connectivity index (χ4v) is 1.96. The molecule has 19 heavy (non-hydrogen) atoms. The molecule has 5 heteroatoms. The van der Waals surface area contributed by atoms with Gasteiger partial charge in [-0.1, -0.05) is 12.1 Å². The van der Waals surface area contributed by atoms with Crippen LogP contribution in [0.2, 0.25) is 0 Å². The number of aromatic nitrogens is 2. The zero-order chi connectivity index (χ0) is 13.8. The summed E-state index contributed by atoms with van der Waals surface area (Å²) in [5.41, 5.74) is 8.88. The number of hydrogen-bond donors (Lipinski definition) is 2. The number of benzene rings is 1. The molecule has 0 aliphatic rings. The van der Waals surface area contributed by atoms with Crippen LogP contribution in [-0.4, -0.2) is 22.2 Å². The van der Waals surface area contributed by atoms with Crippen LogP contribution in [0, 0.1) is 13.8 Å². The molecule has 2 rings (SSSR count).